The van der Waals surface area contributed by atoms with Crippen molar-refractivity contribution in [3.8, 4) is 11.5 Å². The maximum absolute atomic E-state index is 12.8. The van der Waals surface area contributed by atoms with Gasteiger partial charge >= 0.3 is 0 Å². The average Bonchev–Trinajstić information content (AvgIpc) is 2.80. The van der Waals surface area contributed by atoms with Gasteiger partial charge in [-0.15, -0.1) is 0 Å². The molecule has 1 fully saturated rings. The molecule has 0 aliphatic carbocycles. The Balaban J connectivity index is 1.71. The molecule has 1 aromatic carbocycles. The minimum Gasteiger partial charge on any atom is -0.483 e. The van der Waals surface area contributed by atoms with Gasteiger partial charge in [0.2, 0.25) is 0 Å². The lowest BCUT2D eigenvalue weighted by Crippen LogP contribution is -2.47. The lowest BCUT2D eigenvalue weighted by molar-refractivity contribution is -0.140. The molecule has 0 aromatic heterocycles. The van der Waals surface area contributed by atoms with Crippen LogP contribution in [0.3, 0.4) is 0 Å². The van der Waals surface area contributed by atoms with Crippen molar-refractivity contribution in [2.45, 2.75) is 59.2 Å². The number of carbonyl (C=O) groups excluding carboxylic acids is 1. The van der Waals surface area contributed by atoms with Crippen molar-refractivity contribution >= 4 is 5.91 Å². The molecule has 2 aliphatic rings. The number of hydrogen-bond acceptors (Lipinski definition) is 3. The first-order valence-corrected chi connectivity index (χ1v) is 9.01. The fourth-order valence-electron chi connectivity index (χ4n) is 4.02. The molecule has 0 radical (unpaired) electrons. The van der Waals surface area contributed by atoms with Crippen molar-refractivity contribution < 1.29 is 14.3 Å². The van der Waals surface area contributed by atoms with E-state index in [1.165, 1.54) is 6.42 Å². The zero-order valence-electron chi connectivity index (χ0n) is 15.5. The molecular formula is C20H29NO3. The predicted octanol–water partition coefficient (Wildman–Crippen LogP) is 3.67. The molecule has 132 valence electrons. The van der Waals surface area contributed by atoms with Gasteiger partial charge in [0.25, 0.3) is 5.91 Å². The van der Waals surface area contributed by atoms with Gasteiger partial charge in [0, 0.05) is 25.1 Å². The number of fused-ring (bicyclic) bond motifs is 1. The van der Waals surface area contributed by atoms with Gasteiger partial charge in [-0.25, -0.2) is 0 Å². The van der Waals surface area contributed by atoms with Gasteiger partial charge in [-0.3, -0.25) is 4.79 Å². The Morgan fingerprint density at radius 2 is 1.96 bits per heavy atom. The summed E-state index contributed by atoms with van der Waals surface area (Å²) in [6.07, 6.45) is 1.55. The number of rotatable bonds is 3. The van der Waals surface area contributed by atoms with E-state index in [0.717, 1.165) is 30.8 Å². The highest BCUT2D eigenvalue weighted by atomic mass is 16.5. The number of benzene rings is 1. The first-order chi connectivity index (χ1) is 11.2. The quantitative estimate of drug-likeness (QED) is 0.848. The van der Waals surface area contributed by atoms with E-state index in [4.69, 9.17) is 9.47 Å². The Morgan fingerprint density at radius 3 is 2.62 bits per heavy atom. The van der Waals surface area contributed by atoms with Gasteiger partial charge in [0.05, 0.1) is 0 Å². The number of amides is 1. The van der Waals surface area contributed by atoms with E-state index >= 15 is 0 Å². The first-order valence-electron chi connectivity index (χ1n) is 9.01. The van der Waals surface area contributed by atoms with E-state index in [9.17, 15) is 4.79 Å². The second-order valence-electron chi connectivity index (χ2n) is 8.23. The lowest BCUT2D eigenvalue weighted by atomic mass is 9.91. The third-order valence-corrected chi connectivity index (χ3v) is 4.89. The Labute approximate surface area is 145 Å². The zero-order valence-corrected chi connectivity index (χ0v) is 15.5. The Hall–Kier alpha value is -1.71. The minimum atomic E-state index is -0.499. The maximum atomic E-state index is 12.8. The van der Waals surface area contributed by atoms with Crippen LogP contribution in [0.25, 0.3) is 0 Å². The topological polar surface area (TPSA) is 38.8 Å². The number of nitrogens with zero attached hydrogens (tertiary/aromatic N) is 1. The van der Waals surface area contributed by atoms with Crippen LogP contribution < -0.4 is 9.47 Å². The van der Waals surface area contributed by atoms with Gasteiger partial charge in [0.1, 0.15) is 5.60 Å². The highest BCUT2D eigenvalue weighted by Gasteiger charge is 2.34. The van der Waals surface area contributed by atoms with Gasteiger partial charge in [-0.2, -0.15) is 0 Å². The molecule has 3 atom stereocenters. The second-order valence-corrected chi connectivity index (χ2v) is 8.23. The first kappa shape index (κ1) is 17.1. The summed E-state index contributed by atoms with van der Waals surface area (Å²) >= 11 is 0. The highest BCUT2D eigenvalue weighted by Crippen LogP contribution is 2.42. The third-order valence-electron chi connectivity index (χ3n) is 4.89. The predicted molar refractivity (Wildman–Crippen MR) is 94.5 cm³/mol. The molecule has 4 nitrogen and oxygen atoms in total. The molecular weight excluding hydrogens is 302 g/mol. The van der Waals surface area contributed by atoms with E-state index in [1.807, 2.05) is 24.0 Å². The van der Waals surface area contributed by atoms with Crippen LogP contribution >= 0.6 is 0 Å². The standard InChI is InChI=1S/C20H29NO3/c1-13-9-14(2)12-21(11-13)19(22)15(3)23-17-8-6-7-16-10-20(4,5)24-18(16)17/h6-8,13-15H,9-12H2,1-5H3/t13-,14-,15+/m0/s1. The van der Waals surface area contributed by atoms with Gasteiger partial charge in [-0.1, -0.05) is 26.0 Å². The summed E-state index contributed by atoms with van der Waals surface area (Å²) in [6.45, 7) is 12.1. The minimum absolute atomic E-state index is 0.0725. The van der Waals surface area contributed by atoms with E-state index in [-0.39, 0.29) is 11.5 Å². The fraction of sp³-hybridized carbons (Fsp3) is 0.650. The van der Waals surface area contributed by atoms with Crippen molar-refractivity contribution in [1.82, 2.24) is 4.90 Å². The lowest BCUT2D eigenvalue weighted by Gasteiger charge is -2.36. The van der Waals surface area contributed by atoms with Crippen LogP contribution in [0.5, 0.6) is 11.5 Å². The molecule has 1 amide bonds. The van der Waals surface area contributed by atoms with Crippen LogP contribution in [0, 0.1) is 11.8 Å². The van der Waals surface area contributed by atoms with Crippen LogP contribution in [0.2, 0.25) is 0 Å². The second kappa shape index (κ2) is 6.30. The van der Waals surface area contributed by atoms with Crippen LogP contribution in [-0.4, -0.2) is 35.6 Å². The molecule has 0 bridgehead atoms. The van der Waals surface area contributed by atoms with E-state index in [2.05, 4.69) is 33.8 Å². The Morgan fingerprint density at radius 1 is 1.29 bits per heavy atom. The van der Waals surface area contributed by atoms with E-state index in [0.29, 0.717) is 17.6 Å². The summed E-state index contributed by atoms with van der Waals surface area (Å²) in [5.74, 6) is 2.65. The van der Waals surface area contributed by atoms with Crippen LogP contribution in [0.15, 0.2) is 18.2 Å². The average molecular weight is 331 g/mol. The molecule has 2 aliphatic heterocycles. The fourth-order valence-corrected chi connectivity index (χ4v) is 4.02. The largest absolute Gasteiger partial charge is 0.483 e. The van der Waals surface area contributed by atoms with Crippen LogP contribution in [0.4, 0.5) is 0 Å². The molecule has 4 heteroatoms. The van der Waals surface area contributed by atoms with Crippen molar-refractivity contribution in [2.24, 2.45) is 11.8 Å². The number of hydrogen-bond donors (Lipinski definition) is 0. The van der Waals surface area contributed by atoms with Gasteiger partial charge < -0.3 is 14.4 Å². The summed E-state index contributed by atoms with van der Waals surface area (Å²) in [6, 6.07) is 5.93. The third kappa shape index (κ3) is 3.52. The molecule has 0 spiro atoms. The molecule has 0 saturated carbocycles. The molecule has 0 N–H and O–H groups in total. The number of para-hydroxylation sites is 1. The van der Waals surface area contributed by atoms with Crippen molar-refractivity contribution in [1.29, 1.82) is 0 Å². The molecule has 0 unspecified atom stereocenters. The number of carbonyl (C=O) groups is 1. The summed E-state index contributed by atoms with van der Waals surface area (Å²) < 4.78 is 12.1. The summed E-state index contributed by atoms with van der Waals surface area (Å²) in [7, 11) is 0. The summed E-state index contributed by atoms with van der Waals surface area (Å²) in [5, 5.41) is 0. The molecule has 1 aromatic rings. The number of piperidine rings is 1. The molecule has 1 saturated heterocycles. The molecule has 3 rings (SSSR count). The Kier molecular flexibility index (Phi) is 4.50. The van der Waals surface area contributed by atoms with E-state index < -0.39 is 6.10 Å². The van der Waals surface area contributed by atoms with Gasteiger partial charge in [0.15, 0.2) is 17.6 Å². The molecule has 24 heavy (non-hydrogen) atoms. The molecule has 2 heterocycles. The SMILES string of the molecule is C[C@H]1C[C@H](C)CN(C(=O)[C@@H](C)Oc2cccc3c2OC(C)(C)C3)C1. The number of ether oxygens (including phenoxy) is 2. The van der Waals surface area contributed by atoms with Crippen molar-refractivity contribution in [3.05, 3.63) is 23.8 Å². The van der Waals surface area contributed by atoms with Gasteiger partial charge in [-0.05, 0) is 45.1 Å². The zero-order chi connectivity index (χ0) is 17.5. The smallest absolute Gasteiger partial charge is 0.263 e. The summed E-state index contributed by atoms with van der Waals surface area (Å²) in [5.41, 5.74) is 0.935. The summed E-state index contributed by atoms with van der Waals surface area (Å²) in [4.78, 5) is 14.7. The van der Waals surface area contributed by atoms with Crippen molar-refractivity contribution in [3.63, 3.8) is 0 Å². The number of likely N-dealkylation sites (tertiary alicyclic amines) is 1. The van der Waals surface area contributed by atoms with Crippen LogP contribution in [-0.2, 0) is 11.2 Å². The van der Waals surface area contributed by atoms with E-state index in [1.54, 1.807) is 0 Å². The maximum Gasteiger partial charge on any atom is 0.263 e. The normalized spacial score (nSPS) is 26.5. The Bertz CT molecular complexity index is 615. The van der Waals surface area contributed by atoms with Crippen molar-refractivity contribution in [2.75, 3.05) is 13.1 Å². The monoisotopic (exact) mass is 331 g/mol. The van der Waals surface area contributed by atoms with Crippen LogP contribution in [0.1, 0.15) is 46.6 Å². The highest BCUT2D eigenvalue weighted by molar-refractivity contribution is 5.81.